The van der Waals surface area contributed by atoms with Gasteiger partial charge in [0, 0.05) is 10.8 Å². The topological polar surface area (TPSA) is 13.1 Å². The summed E-state index contributed by atoms with van der Waals surface area (Å²) in [6.45, 7) is 16.5. The number of hydrogen-bond donors (Lipinski definition) is 0. The van der Waals surface area contributed by atoms with Crippen molar-refractivity contribution in [2.24, 2.45) is 0 Å². The van der Waals surface area contributed by atoms with Crippen LogP contribution in [0.2, 0.25) is 0 Å². The molecule has 0 unspecified atom stereocenters. The molecule has 4 rings (SSSR count). The molecule has 0 N–H and O–H groups in total. The van der Waals surface area contributed by atoms with Crippen LogP contribution in [0.15, 0.2) is 34.7 Å². The molecule has 1 nitrogen and oxygen atoms in total. The van der Waals surface area contributed by atoms with Crippen LogP contribution in [-0.4, -0.2) is 0 Å². The maximum Gasteiger partial charge on any atom is 0.135 e. The maximum atomic E-state index is 6.32. The number of furan rings is 1. The molecule has 3 aromatic rings. The molecule has 2 aromatic carbocycles. The van der Waals surface area contributed by atoms with Crippen LogP contribution in [0, 0.1) is 0 Å². The van der Waals surface area contributed by atoms with Gasteiger partial charge in [0.1, 0.15) is 11.2 Å². The molecule has 0 bridgehead atoms. The minimum absolute atomic E-state index is 0.0906. The highest BCUT2D eigenvalue weighted by molar-refractivity contribution is 6.10. The Morgan fingerprint density at radius 1 is 0.800 bits per heavy atom. The third-order valence-corrected chi connectivity index (χ3v) is 6.25. The van der Waals surface area contributed by atoms with E-state index in [0.717, 1.165) is 11.2 Å². The van der Waals surface area contributed by atoms with E-state index in [1.165, 1.54) is 40.3 Å². The zero-order valence-corrected chi connectivity index (χ0v) is 16.7. The van der Waals surface area contributed by atoms with E-state index in [-0.39, 0.29) is 16.2 Å². The van der Waals surface area contributed by atoms with Gasteiger partial charge in [0.2, 0.25) is 0 Å². The average molecular weight is 335 g/mol. The molecule has 1 aliphatic rings. The molecule has 1 heteroatoms. The largest absolute Gasteiger partial charge is 0.456 e. The average Bonchev–Trinajstić information content (AvgIpc) is 2.88. The van der Waals surface area contributed by atoms with Crippen LogP contribution in [0.4, 0.5) is 0 Å². The van der Waals surface area contributed by atoms with Crippen molar-refractivity contribution in [3.8, 4) is 0 Å². The molecule has 0 saturated heterocycles. The van der Waals surface area contributed by atoms with Gasteiger partial charge in [0.05, 0.1) is 0 Å². The molecule has 0 saturated carbocycles. The lowest BCUT2D eigenvalue weighted by Gasteiger charge is -2.42. The Bertz CT molecular complexity index is 977. The van der Waals surface area contributed by atoms with Gasteiger partial charge in [-0.2, -0.15) is 0 Å². The fourth-order valence-corrected chi connectivity index (χ4v) is 4.69. The van der Waals surface area contributed by atoms with E-state index in [1.54, 1.807) is 0 Å². The first-order chi connectivity index (χ1) is 11.5. The van der Waals surface area contributed by atoms with Crippen molar-refractivity contribution in [1.82, 2.24) is 0 Å². The van der Waals surface area contributed by atoms with E-state index in [2.05, 4.69) is 78.8 Å². The van der Waals surface area contributed by atoms with Gasteiger partial charge in [-0.3, -0.25) is 0 Å². The SMILES string of the molecule is CC(C)(C)c1cccc2oc3ccc4c(c3c12)C(C)(C)CCC4(C)C. The Morgan fingerprint density at radius 2 is 1.44 bits per heavy atom. The van der Waals surface area contributed by atoms with Crippen LogP contribution in [0.3, 0.4) is 0 Å². The van der Waals surface area contributed by atoms with Crippen LogP contribution in [0.1, 0.15) is 78.0 Å². The fraction of sp³-hybridized carbons (Fsp3) is 0.500. The molecule has 0 amide bonds. The predicted molar refractivity (Wildman–Crippen MR) is 108 cm³/mol. The normalized spacial score (nSPS) is 19.3. The number of hydrogen-bond acceptors (Lipinski definition) is 1. The van der Waals surface area contributed by atoms with E-state index in [1.807, 2.05) is 0 Å². The minimum Gasteiger partial charge on any atom is -0.456 e. The second-order valence-corrected chi connectivity index (χ2v) is 10.2. The molecule has 1 aromatic heterocycles. The van der Waals surface area contributed by atoms with Gasteiger partial charge in [0.15, 0.2) is 0 Å². The van der Waals surface area contributed by atoms with Crippen molar-refractivity contribution in [3.63, 3.8) is 0 Å². The van der Waals surface area contributed by atoms with Crippen LogP contribution in [-0.2, 0) is 16.2 Å². The van der Waals surface area contributed by atoms with Crippen LogP contribution in [0.25, 0.3) is 21.9 Å². The highest BCUT2D eigenvalue weighted by Crippen LogP contribution is 2.51. The van der Waals surface area contributed by atoms with Crippen molar-refractivity contribution in [3.05, 3.63) is 47.0 Å². The molecule has 0 fully saturated rings. The summed E-state index contributed by atoms with van der Waals surface area (Å²) in [5.41, 5.74) is 6.95. The van der Waals surface area contributed by atoms with Gasteiger partial charge < -0.3 is 4.42 Å². The third-order valence-electron chi connectivity index (χ3n) is 6.25. The second-order valence-electron chi connectivity index (χ2n) is 10.2. The van der Waals surface area contributed by atoms with Crippen molar-refractivity contribution in [2.75, 3.05) is 0 Å². The molecule has 1 heterocycles. The van der Waals surface area contributed by atoms with Crippen LogP contribution < -0.4 is 0 Å². The molecular formula is C24H30O. The molecule has 0 spiro atoms. The number of rotatable bonds is 0. The van der Waals surface area contributed by atoms with E-state index in [0.29, 0.717) is 0 Å². The molecule has 1 aliphatic carbocycles. The van der Waals surface area contributed by atoms with E-state index >= 15 is 0 Å². The monoisotopic (exact) mass is 334 g/mol. The summed E-state index contributed by atoms with van der Waals surface area (Å²) in [5.74, 6) is 0. The van der Waals surface area contributed by atoms with Gasteiger partial charge in [-0.15, -0.1) is 0 Å². The summed E-state index contributed by atoms with van der Waals surface area (Å²) >= 11 is 0. The smallest absolute Gasteiger partial charge is 0.135 e. The lowest BCUT2D eigenvalue weighted by molar-refractivity contribution is 0.334. The molecule has 0 aliphatic heterocycles. The lowest BCUT2D eigenvalue weighted by Crippen LogP contribution is -2.34. The number of fused-ring (bicyclic) bond motifs is 5. The molecule has 0 atom stereocenters. The Morgan fingerprint density at radius 3 is 2.12 bits per heavy atom. The summed E-state index contributed by atoms with van der Waals surface area (Å²) in [6, 6.07) is 11.0. The van der Waals surface area contributed by atoms with Crippen LogP contribution in [0.5, 0.6) is 0 Å². The highest BCUT2D eigenvalue weighted by atomic mass is 16.3. The maximum absolute atomic E-state index is 6.32. The Hall–Kier alpha value is -1.76. The Kier molecular flexibility index (Phi) is 3.27. The van der Waals surface area contributed by atoms with Crippen molar-refractivity contribution >= 4 is 21.9 Å². The first kappa shape index (κ1) is 16.7. The van der Waals surface area contributed by atoms with Crippen molar-refractivity contribution in [1.29, 1.82) is 0 Å². The second kappa shape index (κ2) is 4.90. The van der Waals surface area contributed by atoms with Crippen LogP contribution >= 0.6 is 0 Å². The van der Waals surface area contributed by atoms with Gasteiger partial charge in [0.25, 0.3) is 0 Å². The van der Waals surface area contributed by atoms with Crippen molar-refractivity contribution in [2.45, 2.75) is 77.6 Å². The minimum atomic E-state index is 0.0906. The van der Waals surface area contributed by atoms with E-state index in [4.69, 9.17) is 4.42 Å². The standard InChI is InChI=1S/C24H30O/c1-22(2,3)15-9-8-10-17-19(15)20-18(25-17)12-11-16-21(20)24(6,7)14-13-23(16,4)5/h8-12H,13-14H2,1-7H3. The highest BCUT2D eigenvalue weighted by Gasteiger charge is 2.39. The first-order valence-electron chi connectivity index (χ1n) is 9.52. The molecule has 132 valence electrons. The van der Waals surface area contributed by atoms with Crippen molar-refractivity contribution < 1.29 is 4.42 Å². The Balaban J connectivity index is 2.25. The predicted octanol–water partition coefficient (Wildman–Crippen LogP) is 7.23. The summed E-state index contributed by atoms with van der Waals surface area (Å²) in [7, 11) is 0. The zero-order valence-electron chi connectivity index (χ0n) is 16.7. The summed E-state index contributed by atoms with van der Waals surface area (Å²) in [6.07, 6.45) is 2.46. The molecule has 0 radical (unpaired) electrons. The molecular weight excluding hydrogens is 304 g/mol. The van der Waals surface area contributed by atoms with Gasteiger partial charge >= 0.3 is 0 Å². The fourth-order valence-electron chi connectivity index (χ4n) is 4.69. The van der Waals surface area contributed by atoms with E-state index in [9.17, 15) is 0 Å². The molecule has 25 heavy (non-hydrogen) atoms. The number of benzene rings is 2. The Labute approximate surface area is 151 Å². The third kappa shape index (κ3) is 2.35. The van der Waals surface area contributed by atoms with Gasteiger partial charge in [-0.1, -0.05) is 66.7 Å². The van der Waals surface area contributed by atoms with E-state index < -0.39 is 0 Å². The summed E-state index contributed by atoms with van der Waals surface area (Å²) < 4.78 is 6.32. The van der Waals surface area contributed by atoms with Gasteiger partial charge in [-0.25, -0.2) is 0 Å². The first-order valence-corrected chi connectivity index (χ1v) is 9.52. The summed E-state index contributed by atoms with van der Waals surface area (Å²) in [4.78, 5) is 0. The summed E-state index contributed by atoms with van der Waals surface area (Å²) in [5, 5.41) is 2.68. The van der Waals surface area contributed by atoms with Gasteiger partial charge in [-0.05, 0) is 57.9 Å². The quantitative estimate of drug-likeness (QED) is 0.422. The lowest BCUT2D eigenvalue weighted by atomic mass is 9.62. The zero-order chi connectivity index (χ0) is 18.2.